The number of aromatic amines is 1. The van der Waals surface area contributed by atoms with Gasteiger partial charge in [-0.1, -0.05) is 0 Å². The van der Waals surface area contributed by atoms with E-state index >= 15 is 0 Å². The van der Waals surface area contributed by atoms with Crippen molar-refractivity contribution in [2.45, 2.75) is 6.18 Å². The summed E-state index contributed by atoms with van der Waals surface area (Å²) in [6, 6.07) is 0.848. The summed E-state index contributed by atoms with van der Waals surface area (Å²) < 4.78 is 38.5. The largest absolute Gasteiger partial charge is 0.435 e. The summed E-state index contributed by atoms with van der Waals surface area (Å²) in [4.78, 5) is 14.3. The normalized spacial score (nSPS) is 12.2. The van der Waals surface area contributed by atoms with Crippen LogP contribution in [0.15, 0.2) is 18.6 Å². The second-order valence-electron chi connectivity index (χ2n) is 3.65. The van der Waals surface area contributed by atoms with Crippen LogP contribution in [0.3, 0.4) is 0 Å². The highest BCUT2D eigenvalue weighted by Crippen LogP contribution is 2.28. The third-order valence-corrected chi connectivity index (χ3v) is 2.38. The summed E-state index contributed by atoms with van der Waals surface area (Å²) in [5, 5.41) is 3.42. The zero-order valence-electron chi connectivity index (χ0n) is 9.18. The van der Waals surface area contributed by atoms with Crippen molar-refractivity contribution in [1.29, 1.82) is 0 Å². The molecule has 3 aromatic heterocycles. The van der Waals surface area contributed by atoms with E-state index in [2.05, 4.69) is 25.0 Å². The highest BCUT2D eigenvalue weighted by molar-refractivity contribution is 5.78. The van der Waals surface area contributed by atoms with Crippen LogP contribution in [0.2, 0.25) is 0 Å². The van der Waals surface area contributed by atoms with Gasteiger partial charge < -0.3 is 10.7 Å². The van der Waals surface area contributed by atoms with E-state index in [4.69, 9.17) is 5.73 Å². The molecule has 0 aliphatic heterocycles. The first kappa shape index (κ1) is 11.4. The fourth-order valence-corrected chi connectivity index (χ4v) is 1.59. The van der Waals surface area contributed by atoms with E-state index in [0.717, 1.165) is 16.9 Å². The zero-order chi connectivity index (χ0) is 13.6. The SMILES string of the molecule is Nc1nc(-n2ccc(C(F)(F)F)n2)c2[nH]cnc2n1. The number of aromatic nitrogens is 6. The van der Waals surface area contributed by atoms with Gasteiger partial charge in [-0.2, -0.15) is 28.2 Å². The van der Waals surface area contributed by atoms with Crippen molar-refractivity contribution >= 4 is 17.1 Å². The molecule has 0 aliphatic rings. The summed E-state index contributed by atoms with van der Waals surface area (Å²) in [5.41, 5.74) is 5.07. The molecule has 0 atom stereocenters. The molecule has 0 radical (unpaired) electrons. The molecule has 0 bridgehead atoms. The van der Waals surface area contributed by atoms with E-state index in [1.165, 1.54) is 6.33 Å². The first-order valence-corrected chi connectivity index (χ1v) is 5.05. The minimum atomic E-state index is -4.52. The van der Waals surface area contributed by atoms with Crippen LogP contribution in [-0.4, -0.2) is 29.7 Å². The molecule has 0 spiro atoms. The number of nitrogens with two attached hydrogens (primary N) is 1. The van der Waals surface area contributed by atoms with Crippen LogP contribution in [0, 0.1) is 0 Å². The van der Waals surface area contributed by atoms with Crippen LogP contribution in [0.25, 0.3) is 17.0 Å². The molecular formula is C9H6F3N7. The first-order valence-electron chi connectivity index (χ1n) is 5.05. The van der Waals surface area contributed by atoms with E-state index in [1.807, 2.05) is 0 Å². The van der Waals surface area contributed by atoms with Crippen molar-refractivity contribution in [3.05, 3.63) is 24.3 Å². The number of H-pyrrole nitrogens is 1. The molecule has 3 aromatic rings. The Balaban J connectivity index is 2.19. The molecular weight excluding hydrogens is 263 g/mol. The highest BCUT2D eigenvalue weighted by atomic mass is 19.4. The lowest BCUT2D eigenvalue weighted by molar-refractivity contribution is -0.141. The Morgan fingerprint density at radius 2 is 2.05 bits per heavy atom. The number of nitrogens with one attached hydrogen (secondary N) is 1. The second-order valence-corrected chi connectivity index (χ2v) is 3.65. The lowest BCUT2D eigenvalue weighted by atomic mass is 10.4. The van der Waals surface area contributed by atoms with Gasteiger partial charge in [0, 0.05) is 6.20 Å². The van der Waals surface area contributed by atoms with Gasteiger partial charge in [0.15, 0.2) is 17.2 Å². The number of imidazole rings is 1. The zero-order valence-corrected chi connectivity index (χ0v) is 9.18. The molecule has 7 nitrogen and oxygen atoms in total. The van der Waals surface area contributed by atoms with Crippen molar-refractivity contribution in [2.24, 2.45) is 0 Å². The van der Waals surface area contributed by atoms with Gasteiger partial charge in [-0.25, -0.2) is 9.67 Å². The Kier molecular flexibility index (Phi) is 2.21. The molecule has 98 valence electrons. The van der Waals surface area contributed by atoms with E-state index in [1.54, 1.807) is 0 Å². The molecule has 0 aromatic carbocycles. The Morgan fingerprint density at radius 1 is 1.26 bits per heavy atom. The molecule has 0 fully saturated rings. The van der Waals surface area contributed by atoms with Gasteiger partial charge in [0.25, 0.3) is 0 Å². The van der Waals surface area contributed by atoms with Gasteiger partial charge in [0.1, 0.15) is 5.52 Å². The maximum atomic E-state index is 12.5. The number of hydrogen-bond acceptors (Lipinski definition) is 5. The van der Waals surface area contributed by atoms with Crippen LogP contribution in [0.4, 0.5) is 19.1 Å². The van der Waals surface area contributed by atoms with Gasteiger partial charge in [-0.15, -0.1) is 0 Å². The lowest BCUT2D eigenvalue weighted by Gasteiger charge is -2.03. The van der Waals surface area contributed by atoms with E-state index in [9.17, 15) is 13.2 Å². The number of nitrogens with zero attached hydrogens (tertiary/aromatic N) is 5. The van der Waals surface area contributed by atoms with Crippen LogP contribution in [0.1, 0.15) is 5.69 Å². The lowest BCUT2D eigenvalue weighted by Crippen LogP contribution is -2.09. The minimum absolute atomic E-state index is 0.0985. The van der Waals surface area contributed by atoms with Gasteiger partial charge in [-0.05, 0) is 6.07 Å². The Bertz CT molecular complexity index is 742. The molecule has 10 heteroatoms. The smallest absolute Gasteiger partial charge is 0.368 e. The van der Waals surface area contributed by atoms with Crippen molar-refractivity contribution in [3.8, 4) is 5.82 Å². The molecule has 3 N–H and O–H groups in total. The number of fused-ring (bicyclic) bond motifs is 1. The number of nitrogen functional groups attached to an aromatic ring is 1. The molecule has 0 unspecified atom stereocenters. The molecule has 3 heterocycles. The molecule has 0 saturated carbocycles. The monoisotopic (exact) mass is 269 g/mol. The van der Waals surface area contributed by atoms with Crippen LogP contribution in [0.5, 0.6) is 0 Å². The molecule has 0 saturated heterocycles. The summed E-state index contributed by atoms with van der Waals surface area (Å²) in [7, 11) is 0. The van der Waals surface area contributed by atoms with Gasteiger partial charge in [0.2, 0.25) is 5.95 Å². The number of hydrogen-bond donors (Lipinski definition) is 2. The summed E-state index contributed by atoms with van der Waals surface area (Å²) in [5.74, 6) is 0.00848. The van der Waals surface area contributed by atoms with E-state index in [0.29, 0.717) is 5.52 Å². The second kappa shape index (κ2) is 3.67. The molecule has 19 heavy (non-hydrogen) atoms. The fourth-order valence-electron chi connectivity index (χ4n) is 1.59. The number of alkyl halides is 3. The fraction of sp³-hybridized carbons (Fsp3) is 0.111. The maximum absolute atomic E-state index is 12.5. The summed E-state index contributed by atoms with van der Waals surface area (Å²) in [6.45, 7) is 0. The Labute approximate surface area is 103 Å². The maximum Gasteiger partial charge on any atom is 0.435 e. The molecule has 3 rings (SSSR count). The van der Waals surface area contributed by atoms with Crippen LogP contribution in [-0.2, 0) is 6.18 Å². The Hall–Kier alpha value is -2.65. The quantitative estimate of drug-likeness (QED) is 0.690. The first-order chi connectivity index (χ1) is 8.95. The van der Waals surface area contributed by atoms with E-state index in [-0.39, 0.29) is 17.4 Å². The Morgan fingerprint density at radius 3 is 2.74 bits per heavy atom. The predicted octanol–water partition coefficient (Wildman–Crippen LogP) is 1.14. The average molecular weight is 269 g/mol. The summed E-state index contributed by atoms with van der Waals surface area (Å²) in [6.07, 6.45) is -2.03. The molecule has 0 amide bonds. The van der Waals surface area contributed by atoms with Crippen molar-refractivity contribution in [3.63, 3.8) is 0 Å². The third kappa shape index (κ3) is 1.86. The summed E-state index contributed by atoms with van der Waals surface area (Å²) >= 11 is 0. The van der Waals surface area contributed by atoms with Gasteiger partial charge >= 0.3 is 6.18 Å². The van der Waals surface area contributed by atoms with Crippen molar-refractivity contribution in [2.75, 3.05) is 5.73 Å². The number of rotatable bonds is 1. The minimum Gasteiger partial charge on any atom is -0.368 e. The van der Waals surface area contributed by atoms with E-state index < -0.39 is 11.9 Å². The number of anilines is 1. The third-order valence-electron chi connectivity index (χ3n) is 2.38. The predicted molar refractivity (Wildman–Crippen MR) is 58.2 cm³/mol. The van der Waals surface area contributed by atoms with Crippen LogP contribution < -0.4 is 5.73 Å². The number of halogens is 3. The van der Waals surface area contributed by atoms with Crippen molar-refractivity contribution < 1.29 is 13.2 Å². The van der Waals surface area contributed by atoms with Gasteiger partial charge in [-0.3, -0.25) is 0 Å². The van der Waals surface area contributed by atoms with Crippen molar-refractivity contribution in [1.82, 2.24) is 29.7 Å². The van der Waals surface area contributed by atoms with Crippen LogP contribution >= 0.6 is 0 Å². The highest BCUT2D eigenvalue weighted by Gasteiger charge is 2.34. The topological polar surface area (TPSA) is 98.3 Å². The molecule has 0 aliphatic carbocycles. The van der Waals surface area contributed by atoms with Gasteiger partial charge in [0.05, 0.1) is 6.33 Å². The standard InChI is InChI=1S/C9H6F3N7/c10-9(11,12)4-1-2-19(18-4)7-5-6(15-3-14-5)16-8(13)17-7/h1-3H,(H3,13,14,15,16,17). The average Bonchev–Trinajstić information content (AvgIpc) is 2.94.